The summed E-state index contributed by atoms with van der Waals surface area (Å²) in [5, 5.41) is 12.3. The van der Waals surface area contributed by atoms with Crippen molar-refractivity contribution in [2.75, 3.05) is 26.3 Å². The van der Waals surface area contributed by atoms with Crippen molar-refractivity contribution in [1.29, 1.82) is 0 Å². The lowest BCUT2D eigenvalue weighted by Gasteiger charge is -2.39. The maximum Gasteiger partial charge on any atom is 0.165 e. The van der Waals surface area contributed by atoms with E-state index in [-0.39, 0.29) is 5.54 Å². The molecule has 3 heterocycles. The largest absolute Gasteiger partial charge is 0.381 e. The van der Waals surface area contributed by atoms with Crippen molar-refractivity contribution in [1.82, 2.24) is 25.1 Å². The minimum atomic E-state index is 0.0409. The first-order valence-corrected chi connectivity index (χ1v) is 9.02. The summed E-state index contributed by atoms with van der Waals surface area (Å²) in [7, 11) is 0. The minimum Gasteiger partial charge on any atom is -0.381 e. The van der Waals surface area contributed by atoms with Gasteiger partial charge in [0.05, 0.1) is 6.54 Å². The maximum absolute atomic E-state index is 6.47. The third kappa shape index (κ3) is 4.49. The van der Waals surface area contributed by atoms with Crippen LogP contribution in [0.1, 0.15) is 51.3 Å². The number of ether oxygens (including phenoxy) is 1. The fourth-order valence-corrected chi connectivity index (χ4v) is 3.76. The number of tetrazole rings is 1. The Labute approximate surface area is 138 Å². The maximum atomic E-state index is 6.47. The van der Waals surface area contributed by atoms with E-state index in [1.54, 1.807) is 0 Å². The van der Waals surface area contributed by atoms with Gasteiger partial charge in [-0.1, -0.05) is 13.3 Å². The molecule has 7 nitrogen and oxygen atoms in total. The number of hydrogen-bond acceptors (Lipinski definition) is 6. The minimum absolute atomic E-state index is 0.0409. The number of piperidine rings is 1. The molecule has 0 radical (unpaired) electrons. The molecule has 2 aliphatic heterocycles. The lowest BCUT2D eigenvalue weighted by atomic mass is 9.84. The Kier molecular flexibility index (Phi) is 5.61. The summed E-state index contributed by atoms with van der Waals surface area (Å²) in [6.45, 7) is 7.77. The van der Waals surface area contributed by atoms with Gasteiger partial charge in [0.25, 0.3) is 0 Å². The number of aromatic nitrogens is 4. The summed E-state index contributed by atoms with van der Waals surface area (Å²) in [4.78, 5) is 2.44. The van der Waals surface area contributed by atoms with Crippen molar-refractivity contribution >= 4 is 0 Å². The molecule has 1 aromatic heterocycles. The molecule has 130 valence electrons. The smallest absolute Gasteiger partial charge is 0.165 e. The third-order valence-electron chi connectivity index (χ3n) is 5.34. The van der Waals surface area contributed by atoms with Gasteiger partial charge in [0, 0.05) is 38.4 Å². The summed E-state index contributed by atoms with van der Waals surface area (Å²) in [6.07, 6.45) is 6.65. The molecule has 0 spiro atoms. The molecule has 7 heteroatoms. The van der Waals surface area contributed by atoms with E-state index < -0.39 is 0 Å². The highest BCUT2D eigenvalue weighted by Gasteiger charge is 2.30. The SMILES string of the molecule is CCCC1(N)CCN(Cc2nnnn2CC2CCOCC2)CC1. The molecule has 0 saturated carbocycles. The van der Waals surface area contributed by atoms with Gasteiger partial charge in [0.15, 0.2) is 5.82 Å². The first-order chi connectivity index (χ1) is 11.2. The highest BCUT2D eigenvalue weighted by atomic mass is 16.5. The lowest BCUT2D eigenvalue weighted by molar-refractivity contribution is 0.0591. The molecule has 0 aromatic carbocycles. The first kappa shape index (κ1) is 16.8. The fourth-order valence-electron chi connectivity index (χ4n) is 3.76. The molecule has 1 aromatic rings. The molecule has 23 heavy (non-hydrogen) atoms. The Hall–Kier alpha value is -1.05. The summed E-state index contributed by atoms with van der Waals surface area (Å²) >= 11 is 0. The van der Waals surface area contributed by atoms with Crippen LogP contribution >= 0.6 is 0 Å². The molecule has 2 fully saturated rings. The third-order valence-corrected chi connectivity index (χ3v) is 5.34. The zero-order chi connectivity index (χ0) is 16.1. The number of nitrogens with two attached hydrogens (primary N) is 1. The zero-order valence-corrected chi connectivity index (χ0v) is 14.3. The Morgan fingerprint density at radius 1 is 1.26 bits per heavy atom. The molecule has 0 amide bonds. The molecule has 2 aliphatic rings. The molecule has 2 saturated heterocycles. The Morgan fingerprint density at radius 2 is 2.00 bits per heavy atom. The van der Waals surface area contributed by atoms with Gasteiger partial charge < -0.3 is 10.5 Å². The quantitative estimate of drug-likeness (QED) is 0.847. The molecule has 2 N–H and O–H groups in total. The van der Waals surface area contributed by atoms with Crippen LogP contribution in [0.25, 0.3) is 0 Å². The van der Waals surface area contributed by atoms with E-state index in [9.17, 15) is 0 Å². The Morgan fingerprint density at radius 3 is 2.70 bits per heavy atom. The van der Waals surface area contributed by atoms with Gasteiger partial charge >= 0.3 is 0 Å². The van der Waals surface area contributed by atoms with Gasteiger partial charge in [-0.15, -0.1) is 5.10 Å². The first-order valence-electron chi connectivity index (χ1n) is 9.02. The van der Waals surface area contributed by atoms with Crippen molar-refractivity contribution in [3.05, 3.63) is 5.82 Å². The number of rotatable bonds is 6. The average Bonchev–Trinajstić information content (AvgIpc) is 2.98. The standard InChI is InChI=1S/C16H30N6O/c1-2-5-16(17)6-8-21(9-7-16)13-15-18-19-20-22(15)12-14-3-10-23-11-4-14/h14H,2-13,17H2,1H3. The van der Waals surface area contributed by atoms with E-state index in [1.165, 1.54) is 6.42 Å². The summed E-state index contributed by atoms with van der Waals surface area (Å²) in [5.74, 6) is 1.62. The van der Waals surface area contributed by atoms with Crippen LogP contribution in [-0.4, -0.2) is 56.9 Å². The summed E-state index contributed by atoms with van der Waals surface area (Å²) in [5.41, 5.74) is 6.52. The second-order valence-corrected chi connectivity index (χ2v) is 7.22. The van der Waals surface area contributed by atoms with Crippen molar-refractivity contribution in [3.8, 4) is 0 Å². The Bertz CT molecular complexity index is 477. The van der Waals surface area contributed by atoms with Gasteiger partial charge in [0.2, 0.25) is 0 Å². The number of likely N-dealkylation sites (tertiary alicyclic amines) is 1. The van der Waals surface area contributed by atoms with Crippen molar-refractivity contribution < 1.29 is 4.74 Å². The highest BCUT2D eigenvalue weighted by Crippen LogP contribution is 2.25. The predicted molar refractivity (Wildman–Crippen MR) is 87.7 cm³/mol. The Balaban J connectivity index is 1.52. The van der Waals surface area contributed by atoms with Crippen LogP contribution in [0.5, 0.6) is 0 Å². The number of nitrogens with zero attached hydrogens (tertiary/aromatic N) is 5. The van der Waals surface area contributed by atoms with Gasteiger partial charge in [-0.3, -0.25) is 4.90 Å². The second-order valence-electron chi connectivity index (χ2n) is 7.22. The molecule has 0 unspecified atom stereocenters. The molecule has 0 aliphatic carbocycles. The highest BCUT2D eigenvalue weighted by molar-refractivity contribution is 4.92. The van der Waals surface area contributed by atoms with Crippen LogP contribution < -0.4 is 5.73 Å². The summed E-state index contributed by atoms with van der Waals surface area (Å²) < 4.78 is 7.42. The molecule has 3 rings (SSSR count). The van der Waals surface area contributed by atoms with Gasteiger partial charge in [0.1, 0.15) is 0 Å². The molecular formula is C16H30N6O. The monoisotopic (exact) mass is 322 g/mol. The summed E-state index contributed by atoms with van der Waals surface area (Å²) in [6, 6.07) is 0. The zero-order valence-electron chi connectivity index (χ0n) is 14.3. The predicted octanol–water partition coefficient (Wildman–Crippen LogP) is 1.19. The molecular weight excluding hydrogens is 292 g/mol. The van der Waals surface area contributed by atoms with Crippen LogP contribution in [-0.2, 0) is 17.8 Å². The van der Waals surface area contributed by atoms with Crippen molar-refractivity contribution in [3.63, 3.8) is 0 Å². The van der Waals surface area contributed by atoms with E-state index in [0.29, 0.717) is 5.92 Å². The number of hydrogen-bond donors (Lipinski definition) is 1. The molecule has 0 atom stereocenters. The normalized spacial score (nSPS) is 23.2. The van der Waals surface area contributed by atoms with Gasteiger partial charge in [-0.05, 0) is 48.4 Å². The van der Waals surface area contributed by atoms with Crippen molar-refractivity contribution in [2.24, 2.45) is 11.7 Å². The van der Waals surface area contributed by atoms with Crippen molar-refractivity contribution in [2.45, 2.75) is 64.1 Å². The van der Waals surface area contributed by atoms with Crippen LogP contribution in [0.15, 0.2) is 0 Å². The van der Waals surface area contributed by atoms with E-state index in [2.05, 4.69) is 27.3 Å². The van der Waals surface area contributed by atoms with Crippen LogP contribution in [0, 0.1) is 5.92 Å². The second kappa shape index (κ2) is 7.68. The topological polar surface area (TPSA) is 82.1 Å². The van der Waals surface area contributed by atoms with Crippen LogP contribution in [0.4, 0.5) is 0 Å². The lowest BCUT2D eigenvalue weighted by Crippen LogP contribution is -2.50. The average molecular weight is 322 g/mol. The molecule has 0 bridgehead atoms. The van der Waals surface area contributed by atoms with Crippen LogP contribution in [0.2, 0.25) is 0 Å². The van der Waals surface area contributed by atoms with Gasteiger partial charge in [-0.2, -0.15) is 0 Å². The van der Waals surface area contributed by atoms with E-state index in [4.69, 9.17) is 10.5 Å². The van der Waals surface area contributed by atoms with E-state index in [0.717, 1.165) is 77.3 Å². The fraction of sp³-hybridized carbons (Fsp3) is 0.938. The van der Waals surface area contributed by atoms with Gasteiger partial charge in [-0.25, -0.2) is 4.68 Å². The van der Waals surface area contributed by atoms with E-state index in [1.807, 2.05) is 4.68 Å². The van der Waals surface area contributed by atoms with E-state index >= 15 is 0 Å². The van der Waals surface area contributed by atoms with Crippen LogP contribution in [0.3, 0.4) is 0 Å².